The predicted molar refractivity (Wildman–Crippen MR) is 78.9 cm³/mol. The minimum atomic E-state index is -3.83. The molecule has 2 aromatic carbocycles. The summed E-state index contributed by atoms with van der Waals surface area (Å²) in [5, 5.41) is 0. The Kier molecular flexibility index (Phi) is 4.60. The number of anilines is 1. The molecule has 0 radical (unpaired) electrons. The van der Waals surface area contributed by atoms with Crippen LogP contribution in [0.15, 0.2) is 45.8 Å². The molecule has 3 N–H and O–H groups in total. The van der Waals surface area contributed by atoms with Crippen LogP contribution in [0.2, 0.25) is 0 Å². The highest BCUT2D eigenvalue weighted by Gasteiger charge is 2.18. The van der Waals surface area contributed by atoms with Crippen molar-refractivity contribution in [3.8, 4) is 0 Å². The number of benzene rings is 2. The van der Waals surface area contributed by atoms with Gasteiger partial charge < -0.3 is 5.73 Å². The van der Waals surface area contributed by atoms with E-state index in [0.717, 1.165) is 12.1 Å². The maximum absolute atomic E-state index is 13.1. The van der Waals surface area contributed by atoms with E-state index < -0.39 is 21.7 Å². The fourth-order valence-electron chi connectivity index (χ4n) is 1.63. The zero-order valence-corrected chi connectivity index (χ0v) is 13.0. The summed E-state index contributed by atoms with van der Waals surface area (Å²) in [6.45, 7) is -0.166. The number of sulfonamides is 1. The number of nitrogen functional groups attached to an aromatic ring is 1. The molecule has 0 bridgehead atoms. The van der Waals surface area contributed by atoms with E-state index in [-0.39, 0.29) is 11.4 Å². The van der Waals surface area contributed by atoms with Crippen LogP contribution in [-0.2, 0) is 16.6 Å². The van der Waals surface area contributed by atoms with Gasteiger partial charge in [0.15, 0.2) is 11.6 Å². The maximum Gasteiger partial charge on any atom is 0.242 e. The number of nitrogens with one attached hydrogen (secondary N) is 1. The molecule has 0 aliphatic heterocycles. The summed E-state index contributed by atoms with van der Waals surface area (Å²) in [6, 6.07) is 7.55. The minimum Gasteiger partial charge on any atom is -0.399 e. The van der Waals surface area contributed by atoms with Crippen molar-refractivity contribution in [1.82, 2.24) is 4.72 Å². The Morgan fingerprint density at radius 2 is 1.81 bits per heavy atom. The average Bonchev–Trinajstić information content (AvgIpc) is 2.43. The van der Waals surface area contributed by atoms with E-state index in [4.69, 9.17) is 5.73 Å². The van der Waals surface area contributed by atoms with Gasteiger partial charge in [0.25, 0.3) is 0 Å². The maximum atomic E-state index is 13.1. The quantitative estimate of drug-likeness (QED) is 0.805. The highest BCUT2D eigenvalue weighted by Crippen LogP contribution is 2.24. The first kappa shape index (κ1) is 15.9. The van der Waals surface area contributed by atoms with E-state index in [1.165, 1.54) is 18.2 Å². The van der Waals surface area contributed by atoms with Crippen LogP contribution in [0.25, 0.3) is 0 Å². The van der Waals surface area contributed by atoms with Crippen LogP contribution < -0.4 is 10.5 Å². The highest BCUT2D eigenvalue weighted by molar-refractivity contribution is 9.10. The first-order valence-corrected chi connectivity index (χ1v) is 8.06. The molecule has 0 aliphatic carbocycles. The molecule has 0 aliphatic rings. The third kappa shape index (κ3) is 3.78. The predicted octanol–water partition coefficient (Wildman–Crippen LogP) is 2.79. The van der Waals surface area contributed by atoms with E-state index in [1.807, 2.05) is 0 Å². The second kappa shape index (κ2) is 6.08. The van der Waals surface area contributed by atoms with Crippen molar-refractivity contribution in [3.05, 3.63) is 58.1 Å². The Morgan fingerprint density at radius 1 is 1.10 bits per heavy atom. The lowest BCUT2D eigenvalue weighted by molar-refractivity contribution is 0.506. The Hall–Kier alpha value is -1.51. The molecule has 0 heterocycles. The van der Waals surface area contributed by atoms with Gasteiger partial charge in [0.05, 0.1) is 4.90 Å². The van der Waals surface area contributed by atoms with E-state index >= 15 is 0 Å². The van der Waals surface area contributed by atoms with E-state index in [0.29, 0.717) is 15.7 Å². The van der Waals surface area contributed by atoms with Crippen LogP contribution in [0.4, 0.5) is 14.5 Å². The summed E-state index contributed by atoms with van der Waals surface area (Å²) < 4.78 is 52.9. The van der Waals surface area contributed by atoms with Crippen LogP contribution in [0.5, 0.6) is 0 Å². The molecule has 112 valence electrons. The molecule has 0 fully saturated rings. The molecule has 0 saturated carbocycles. The fraction of sp³-hybridized carbons (Fsp3) is 0.0769. The Labute approximate surface area is 129 Å². The molecule has 8 heteroatoms. The van der Waals surface area contributed by atoms with Crippen LogP contribution in [0.1, 0.15) is 5.56 Å². The summed E-state index contributed by atoms with van der Waals surface area (Å²) in [6.07, 6.45) is 0. The zero-order valence-electron chi connectivity index (χ0n) is 10.6. The SMILES string of the molecule is Nc1ccc(Br)c(S(=O)(=O)NCc2ccc(F)c(F)c2)c1. The number of hydrogen-bond donors (Lipinski definition) is 2. The van der Waals surface area contributed by atoms with Gasteiger partial charge in [-0.3, -0.25) is 0 Å². The highest BCUT2D eigenvalue weighted by atomic mass is 79.9. The number of halogens is 3. The first-order chi connectivity index (χ1) is 9.79. The lowest BCUT2D eigenvalue weighted by atomic mass is 10.2. The molecule has 0 atom stereocenters. The van der Waals surface area contributed by atoms with Gasteiger partial charge in [-0.1, -0.05) is 6.07 Å². The van der Waals surface area contributed by atoms with Gasteiger partial charge >= 0.3 is 0 Å². The molecular formula is C13H11BrF2N2O2S. The summed E-state index contributed by atoms with van der Waals surface area (Å²) in [7, 11) is -3.83. The third-order valence-electron chi connectivity index (χ3n) is 2.70. The topological polar surface area (TPSA) is 72.2 Å². The van der Waals surface area contributed by atoms with E-state index in [9.17, 15) is 17.2 Å². The smallest absolute Gasteiger partial charge is 0.242 e. The van der Waals surface area contributed by atoms with Gasteiger partial charge in [0, 0.05) is 16.7 Å². The van der Waals surface area contributed by atoms with Gasteiger partial charge in [0.1, 0.15) is 0 Å². The Balaban J connectivity index is 2.21. The Morgan fingerprint density at radius 3 is 2.48 bits per heavy atom. The molecule has 0 amide bonds. The monoisotopic (exact) mass is 376 g/mol. The van der Waals surface area contributed by atoms with Crippen molar-refractivity contribution >= 4 is 31.6 Å². The summed E-state index contributed by atoms with van der Waals surface area (Å²) in [5.41, 5.74) is 6.16. The van der Waals surface area contributed by atoms with E-state index in [2.05, 4.69) is 20.7 Å². The van der Waals surface area contributed by atoms with Crippen LogP contribution in [-0.4, -0.2) is 8.42 Å². The van der Waals surface area contributed by atoms with Gasteiger partial charge in [-0.05, 0) is 51.8 Å². The van der Waals surface area contributed by atoms with Crippen molar-refractivity contribution in [3.63, 3.8) is 0 Å². The van der Waals surface area contributed by atoms with Gasteiger partial charge in [-0.15, -0.1) is 0 Å². The summed E-state index contributed by atoms with van der Waals surface area (Å²) in [4.78, 5) is -0.0231. The molecule has 0 spiro atoms. The molecule has 4 nitrogen and oxygen atoms in total. The van der Waals surface area contributed by atoms with Crippen molar-refractivity contribution in [2.75, 3.05) is 5.73 Å². The van der Waals surface area contributed by atoms with Crippen molar-refractivity contribution < 1.29 is 17.2 Å². The van der Waals surface area contributed by atoms with Gasteiger partial charge in [-0.25, -0.2) is 21.9 Å². The largest absolute Gasteiger partial charge is 0.399 e. The Bertz CT molecular complexity index is 782. The van der Waals surface area contributed by atoms with E-state index in [1.54, 1.807) is 6.07 Å². The van der Waals surface area contributed by atoms with Gasteiger partial charge in [0.2, 0.25) is 10.0 Å². The summed E-state index contributed by atoms with van der Waals surface area (Å²) >= 11 is 3.13. The molecule has 0 unspecified atom stereocenters. The summed E-state index contributed by atoms with van der Waals surface area (Å²) in [5.74, 6) is -2.02. The standard InChI is InChI=1S/C13H11BrF2N2O2S/c14-10-3-2-9(17)6-13(10)21(19,20)18-7-8-1-4-11(15)12(16)5-8/h1-6,18H,7,17H2. The van der Waals surface area contributed by atoms with Crippen molar-refractivity contribution in [1.29, 1.82) is 0 Å². The average molecular weight is 377 g/mol. The van der Waals surface area contributed by atoms with Crippen LogP contribution in [0, 0.1) is 11.6 Å². The molecule has 0 saturated heterocycles. The molecule has 0 aromatic heterocycles. The fourth-order valence-corrected chi connectivity index (χ4v) is 3.65. The lowest BCUT2D eigenvalue weighted by Gasteiger charge is -2.09. The second-order valence-corrected chi connectivity index (χ2v) is 6.85. The van der Waals surface area contributed by atoms with Crippen LogP contribution in [0.3, 0.4) is 0 Å². The van der Waals surface area contributed by atoms with Crippen LogP contribution >= 0.6 is 15.9 Å². The number of hydrogen-bond acceptors (Lipinski definition) is 3. The number of nitrogens with two attached hydrogens (primary N) is 1. The first-order valence-electron chi connectivity index (χ1n) is 5.78. The van der Waals surface area contributed by atoms with Gasteiger partial charge in [-0.2, -0.15) is 0 Å². The lowest BCUT2D eigenvalue weighted by Crippen LogP contribution is -2.23. The zero-order chi connectivity index (χ0) is 15.6. The molecular weight excluding hydrogens is 366 g/mol. The van der Waals surface area contributed by atoms with Crippen molar-refractivity contribution in [2.45, 2.75) is 11.4 Å². The normalized spacial score (nSPS) is 11.6. The number of rotatable bonds is 4. The second-order valence-electron chi connectivity index (χ2n) is 4.26. The minimum absolute atomic E-state index is 0.0231. The molecule has 2 aromatic rings. The third-order valence-corrected chi connectivity index (χ3v) is 5.09. The molecule has 21 heavy (non-hydrogen) atoms. The molecule has 2 rings (SSSR count). The van der Waals surface area contributed by atoms with Crippen molar-refractivity contribution in [2.24, 2.45) is 0 Å².